The maximum Gasteiger partial charge on any atom is 0.305 e. The van der Waals surface area contributed by atoms with Gasteiger partial charge in [-0.15, -0.1) is 10.2 Å². The van der Waals surface area contributed by atoms with Crippen LogP contribution in [0.4, 0.5) is 5.69 Å². The second-order valence-electron chi connectivity index (χ2n) is 4.82. The molecule has 0 bridgehead atoms. The number of nitrogens with zero attached hydrogens (tertiary/aromatic N) is 6. The van der Waals surface area contributed by atoms with Crippen molar-refractivity contribution >= 4 is 17.4 Å². The minimum Gasteiger partial charge on any atom is -0.305 e. The molecule has 9 heteroatoms. The zero-order valence-electron chi connectivity index (χ0n) is 12.4. The summed E-state index contributed by atoms with van der Waals surface area (Å²) in [6.07, 6.45) is 2.35. The maximum atomic E-state index is 10.6. The number of rotatable bonds is 4. The topological polar surface area (TPSA) is 99.6 Å². The quantitative estimate of drug-likeness (QED) is 0.412. The van der Waals surface area contributed by atoms with E-state index < -0.39 is 4.92 Å². The van der Waals surface area contributed by atoms with Gasteiger partial charge in [-0.2, -0.15) is 0 Å². The van der Waals surface area contributed by atoms with E-state index in [2.05, 4.69) is 20.2 Å². The molecule has 116 valence electrons. The Labute approximate surface area is 135 Å². The number of aromatic nitrogens is 5. The van der Waals surface area contributed by atoms with Gasteiger partial charge in [0.25, 0.3) is 0 Å². The van der Waals surface area contributed by atoms with Gasteiger partial charge in [0, 0.05) is 12.6 Å². The Morgan fingerprint density at radius 2 is 1.96 bits per heavy atom. The van der Waals surface area contributed by atoms with Crippen molar-refractivity contribution in [3.05, 3.63) is 52.3 Å². The van der Waals surface area contributed by atoms with Crippen molar-refractivity contribution in [1.82, 2.24) is 24.7 Å². The van der Waals surface area contributed by atoms with E-state index >= 15 is 0 Å². The van der Waals surface area contributed by atoms with Gasteiger partial charge in [-0.1, -0.05) is 23.8 Å². The lowest BCUT2D eigenvalue weighted by Gasteiger charge is -2.04. The summed E-state index contributed by atoms with van der Waals surface area (Å²) in [6.45, 7) is 2.01. The molecule has 0 unspecified atom stereocenters. The van der Waals surface area contributed by atoms with Crippen molar-refractivity contribution in [2.75, 3.05) is 0 Å². The van der Waals surface area contributed by atoms with Crippen molar-refractivity contribution in [2.24, 2.45) is 7.05 Å². The van der Waals surface area contributed by atoms with E-state index in [1.807, 2.05) is 42.8 Å². The first-order chi connectivity index (χ1) is 11.0. The van der Waals surface area contributed by atoms with Gasteiger partial charge < -0.3 is 4.57 Å². The summed E-state index contributed by atoms with van der Waals surface area (Å²) >= 11 is 1.20. The van der Waals surface area contributed by atoms with Crippen LogP contribution in [0.1, 0.15) is 5.56 Å². The van der Waals surface area contributed by atoms with Crippen LogP contribution in [0.15, 0.2) is 47.0 Å². The van der Waals surface area contributed by atoms with E-state index in [0.717, 1.165) is 17.0 Å². The number of hydrogen-bond donors (Lipinski definition) is 0. The molecule has 2 aromatic heterocycles. The molecule has 2 heterocycles. The van der Waals surface area contributed by atoms with Crippen LogP contribution >= 0.6 is 11.8 Å². The summed E-state index contributed by atoms with van der Waals surface area (Å²) in [4.78, 5) is 18.0. The highest BCUT2D eigenvalue weighted by molar-refractivity contribution is 7.99. The van der Waals surface area contributed by atoms with E-state index in [1.54, 1.807) is 0 Å². The van der Waals surface area contributed by atoms with E-state index in [4.69, 9.17) is 0 Å². The summed E-state index contributed by atoms with van der Waals surface area (Å²) in [5.74, 6) is 0.734. The first-order valence-corrected chi connectivity index (χ1v) is 7.47. The maximum absolute atomic E-state index is 10.6. The van der Waals surface area contributed by atoms with Gasteiger partial charge in [-0.25, -0.2) is 9.97 Å². The average Bonchev–Trinajstić information content (AvgIpc) is 2.89. The Morgan fingerprint density at radius 1 is 1.22 bits per heavy atom. The van der Waals surface area contributed by atoms with Crippen molar-refractivity contribution in [3.8, 4) is 11.4 Å². The van der Waals surface area contributed by atoms with Crippen molar-refractivity contribution in [1.29, 1.82) is 0 Å². The largest absolute Gasteiger partial charge is 0.305 e. The van der Waals surface area contributed by atoms with Crippen molar-refractivity contribution < 1.29 is 4.92 Å². The summed E-state index contributed by atoms with van der Waals surface area (Å²) in [7, 11) is 1.85. The van der Waals surface area contributed by atoms with Gasteiger partial charge >= 0.3 is 5.69 Å². The van der Waals surface area contributed by atoms with E-state index in [0.29, 0.717) is 10.3 Å². The second-order valence-corrected chi connectivity index (χ2v) is 5.75. The Morgan fingerprint density at radius 3 is 2.61 bits per heavy atom. The van der Waals surface area contributed by atoms with Crippen LogP contribution in [0.5, 0.6) is 0 Å². The van der Waals surface area contributed by atoms with Crippen molar-refractivity contribution in [2.45, 2.75) is 17.2 Å². The molecular weight excluding hydrogens is 316 g/mol. The number of hydrogen-bond acceptors (Lipinski definition) is 7. The third kappa shape index (κ3) is 3.19. The molecule has 0 spiro atoms. The molecule has 0 aliphatic heterocycles. The molecule has 23 heavy (non-hydrogen) atoms. The van der Waals surface area contributed by atoms with Crippen LogP contribution in [0.2, 0.25) is 0 Å². The summed E-state index contributed by atoms with van der Waals surface area (Å²) in [6, 6.07) is 7.97. The molecular formula is C14H12N6O2S. The highest BCUT2D eigenvalue weighted by atomic mass is 32.2. The minimum atomic E-state index is -0.535. The van der Waals surface area contributed by atoms with E-state index in [1.165, 1.54) is 24.2 Å². The van der Waals surface area contributed by atoms with Gasteiger partial charge in [-0.05, 0) is 24.8 Å². The zero-order valence-corrected chi connectivity index (χ0v) is 13.2. The molecule has 0 atom stereocenters. The number of benzene rings is 1. The van der Waals surface area contributed by atoms with Crippen LogP contribution in [0.3, 0.4) is 0 Å². The highest BCUT2D eigenvalue weighted by Gasteiger charge is 2.14. The predicted molar refractivity (Wildman–Crippen MR) is 84.0 cm³/mol. The Bertz CT molecular complexity index is 862. The summed E-state index contributed by atoms with van der Waals surface area (Å²) in [5, 5.41) is 19.9. The third-order valence-electron chi connectivity index (χ3n) is 3.12. The molecule has 3 rings (SSSR count). The van der Waals surface area contributed by atoms with Gasteiger partial charge in [0.1, 0.15) is 12.4 Å². The number of aryl methyl sites for hydroxylation is 1. The lowest BCUT2D eigenvalue weighted by molar-refractivity contribution is -0.385. The van der Waals surface area contributed by atoms with Gasteiger partial charge in [-0.3, -0.25) is 10.1 Å². The normalized spacial score (nSPS) is 10.7. The predicted octanol–water partition coefficient (Wildman–Crippen LogP) is 2.64. The molecule has 0 fully saturated rings. The molecule has 0 saturated carbocycles. The molecule has 0 N–H and O–H groups in total. The molecule has 1 aromatic carbocycles. The molecule has 8 nitrogen and oxygen atoms in total. The number of nitro groups is 1. The lowest BCUT2D eigenvalue weighted by Crippen LogP contribution is -1.96. The summed E-state index contributed by atoms with van der Waals surface area (Å²) in [5.41, 5.74) is 1.96. The average molecular weight is 328 g/mol. The van der Waals surface area contributed by atoms with Crippen LogP contribution in [-0.2, 0) is 7.05 Å². The molecule has 0 aliphatic carbocycles. The van der Waals surface area contributed by atoms with Crippen LogP contribution in [0, 0.1) is 17.0 Å². The SMILES string of the molecule is Cc1cccc(-c2nnc(Sc3ncc([N+](=O)[O-])cn3)n2C)c1. The van der Waals surface area contributed by atoms with Crippen LogP contribution in [-0.4, -0.2) is 29.7 Å². The Hall–Kier alpha value is -2.81. The highest BCUT2D eigenvalue weighted by Crippen LogP contribution is 2.27. The molecule has 0 amide bonds. The van der Waals surface area contributed by atoms with Gasteiger partial charge in [0.05, 0.1) is 4.92 Å². The zero-order chi connectivity index (χ0) is 16.4. The van der Waals surface area contributed by atoms with Crippen molar-refractivity contribution in [3.63, 3.8) is 0 Å². The van der Waals surface area contributed by atoms with E-state index in [9.17, 15) is 10.1 Å². The lowest BCUT2D eigenvalue weighted by atomic mass is 10.1. The fraction of sp³-hybridized carbons (Fsp3) is 0.143. The summed E-state index contributed by atoms with van der Waals surface area (Å²) < 4.78 is 1.84. The Kier molecular flexibility index (Phi) is 4.02. The molecule has 0 aliphatic rings. The second kappa shape index (κ2) is 6.13. The molecule has 0 saturated heterocycles. The fourth-order valence-corrected chi connectivity index (χ4v) is 2.66. The minimum absolute atomic E-state index is 0.146. The molecule has 0 radical (unpaired) electrons. The van der Waals surface area contributed by atoms with Gasteiger partial charge in [0.2, 0.25) is 0 Å². The first kappa shape index (κ1) is 15.1. The smallest absolute Gasteiger partial charge is 0.305 e. The standard InChI is InChI=1S/C14H12N6O2S/c1-9-4-3-5-10(6-9)12-17-18-14(19(12)2)23-13-15-7-11(8-16-13)20(21)22/h3-8H,1-2H3. The van der Waals surface area contributed by atoms with Gasteiger partial charge in [0.15, 0.2) is 16.1 Å². The fourth-order valence-electron chi connectivity index (χ4n) is 1.98. The monoisotopic (exact) mass is 328 g/mol. The van der Waals surface area contributed by atoms with Crippen LogP contribution < -0.4 is 0 Å². The first-order valence-electron chi connectivity index (χ1n) is 6.65. The van der Waals surface area contributed by atoms with E-state index in [-0.39, 0.29) is 5.69 Å². The van der Waals surface area contributed by atoms with Crippen LogP contribution in [0.25, 0.3) is 11.4 Å². The Balaban J connectivity index is 1.86. The third-order valence-corrected chi connectivity index (χ3v) is 4.05. The molecule has 3 aromatic rings.